The number of hydrogen-bond donors (Lipinski definition) is 0. The van der Waals surface area contributed by atoms with E-state index in [1.54, 1.807) is 43.5 Å². The topological polar surface area (TPSA) is 77.4 Å². The Labute approximate surface area is 150 Å². The van der Waals surface area contributed by atoms with Crippen LogP contribution in [0.25, 0.3) is 0 Å². The van der Waals surface area contributed by atoms with Crippen molar-refractivity contribution in [2.24, 2.45) is 5.16 Å². The summed E-state index contributed by atoms with van der Waals surface area (Å²) in [6.07, 6.45) is 0.00629. The molecule has 0 aliphatic carbocycles. The lowest BCUT2D eigenvalue weighted by atomic mass is 10.0. The zero-order chi connectivity index (χ0) is 18.5. The maximum absolute atomic E-state index is 12.8. The molecule has 0 aromatic heterocycles. The van der Waals surface area contributed by atoms with E-state index in [0.717, 1.165) is 16.2 Å². The van der Waals surface area contributed by atoms with E-state index in [1.807, 2.05) is 12.1 Å². The molecule has 1 aliphatic heterocycles. The number of nitrogens with zero attached hydrogens (tertiary/aromatic N) is 2. The molecule has 2 amide bonds. The lowest BCUT2D eigenvalue weighted by molar-refractivity contribution is -0.192. The molecule has 0 N–H and O–H groups in total. The van der Waals surface area contributed by atoms with Crippen molar-refractivity contribution in [1.29, 1.82) is 0 Å². The van der Waals surface area contributed by atoms with Crippen molar-refractivity contribution in [3.05, 3.63) is 65.2 Å². The van der Waals surface area contributed by atoms with Crippen LogP contribution in [0.4, 0.5) is 0 Å². The standard InChI is InChI=1S/C19H18N2O5/c1-24-15-9-7-13(8-10-15)11-17(22)21-19(23)18(20-25-2)16-6-4-3-5-14(16)12-26-21/h3-10H,11-12H2,1-2H3/b20-18+. The van der Waals surface area contributed by atoms with E-state index < -0.39 is 11.8 Å². The first kappa shape index (κ1) is 17.6. The lowest BCUT2D eigenvalue weighted by Crippen LogP contribution is -2.40. The van der Waals surface area contributed by atoms with Gasteiger partial charge in [0.05, 0.1) is 13.5 Å². The molecular weight excluding hydrogens is 336 g/mol. The summed E-state index contributed by atoms with van der Waals surface area (Å²) in [6.45, 7) is 0.0823. The minimum absolute atomic E-state index is 0.00629. The normalized spacial score (nSPS) is 15.4. The van der Waals surface area contributed by atoms with Crippen molar-refractivity contribution in [1.82, 2.24) is 5.06 Å². The molecule has 3 rings (SSSR count). The van der Waals surface area contributed by atoms with Crippen LogP contribution in [0.3, 0.4) is 0 Å². The van der Waals surface area contributed by atoms with Crippen LogP contribution in [0.5, 0.6) is 5.75 Å². The third kappa shape index (κ3) is 3.57. The molecular formula is C19H18N2O5. The van der Waals surface area contributed by atoms with E-state index in [2.05, 4.69) is 5.16 Å². The first-order valence-electron chi connectivity index (χ1n) is 7.96. The van der Waals surface area contributed by atoms with Gasteiger partial charge >= 0.3 is 5.91 Å². The fourth-order valence-electron chi connectivity index (χ4n) is 2.64. The number of fused-ring (bicyclic) bond motifs is 1. The van der Waals surface area contributed by atoms with Crippen LogP contribution in [0.15, 0.2) is 53.7 Å². The van der Waals surface area contributed by atoms with Gasteiger partial charge < -0.3 is 9.57 Å². The summed E-state index contributed by atoms with van der Waals surface area (Å²) in [5.41, 5.74) is 2.10. The molecule has 1 heterocycles. The van der Waals surface area contributed by atoms with Crippen molar-refractivity contribution in [2.45, 2.75) is 13.0 Å². The predicted octanol–water partition coefficient (Wildman–Crippen LogP) is 2.09. The molecule has 0 bridgehead atoms. The molecule has 7 heteroatoms. The highest BCUT2D eigenvalue weighted by Crippen LogP contribution is 2.20. The summed E-state index contributed by atoms with van der Waals surface area (Å²) in [7, 11) is 2.91. The van der Waals surface area contributed by atoms with E-state index in [0.29, 0.717) is 11.3 Å². The van der Waals surface area contributed by atoms with Crippen LogP contribution >= 0.6 is 0 Å². The highest BCUT2D eigenvalue weighted by molar-refractivity contribution is 6.47. The largest absolute Gasteiger partial charge is 0.497 e. The molecule has 0 atom stereocenters. The molecule has 0 spiro atoms. The summed E-state index contributed by atoms with van der Waals surface area (Å²) in [4.78, 5) is 35.7. The Bertz CT molecular complexity index is 845. The number of oxime groups is 1. The van der Waals surface area contributed by atoms with Crippen LogP contribution in [0.1, 0.15) is 16.7 Å². The van der Waals surface area contributed by atoms with Gasteiger partial charge in [0, 0.05) is 5.56 Å². The van der Waals surface area contributed by atoms with Gasteiger partial charge in [-0.1, -0.05) is 41.6 Å². The second-order valence-corrected chi connectivity index (χ2v) is 5.57. The van der Waals surface area contributed by atoms with Crippen LogP contribution in [-0.4, -0.2) is 36.8 Å². The Morgan fingerprint density at radius 1 is 1.15 bits per heavy atom. The Morgan fingerprint density at radius 3 is 2.58 bits per heavy atom. The summed E-state index contributed by atoms with van der Waals surface area (Å²) in [5, 5.41) is 4.56. The summed E-state index contributed by atoms with van der Waals surface area (Å²) in [5.74, 6) is -0.458. The molecule has 2 aromatic rings. The summed E-state index contributed by atoms with van der Waals surface area (Å²) < 4.78 is 5.10. The maximum Gasteiger partial charge on any atom is 0.307 e. The number of amides is 2. The highest BCUT2D eigenvalue weighted by atomic mass is 16.7. The van der Waals surface area contributed by atoms with Gasteiger partial charge in [-0.2, -0.15) is 0 Å². The predicted molar refractivity (Wildman–Crippen MR) is 93.3 cm³/mol. The van der Waals surface area contributed by atoms with E-state index in [9.17, 15) is 9.59 Å². The molecule has 134 valence electrons. The molecule has 0 radical (unpaired) electrons. The number of ether oxygens (including phenoxy) is 1. The van der Waals surface area contributed by atoms with E-state index in [1.165, 1.54) is 7.11 Å². The second-order valence-electron chi connectivity index (χ2n) is 5.57. The number of carbonyl (C=O) groups is 2. The lowest BCUT2D eigenvalue weighted by Gasteiger charge is -2.17. The van der Waals surface area contributed by atoms with Gasteiger partial charge in [-0.15, -0.1) is 5.06 Å². The summed E-state index contributed by atoms with van der Waals surface area (Å²) in [6, 6.07) is 14.2. The van der Waals surface area contributed by atoms with Gasteiger partial charge in [0.1, 0.15) is 19.5 Å². The third-order valence-corrected chi connectivity index (χ3v) is 3.93. The van der Waals surface area contributed by atoms with Crippen LogP contribution in [0, 0.1) is 0 Å². The Morgan fingerprint density at radius 2 is 1.88 bits per heavy atom. The second kappa shape index (κ2) is 7.79. The van der Waals surface area contributed by atoms with Gasteiger partial charge in [0.2, 0.25) is 0 Å². The average Bonchev–Trinajstić information content (AvgIpc) is 2.80. The van der Waals surface area contributed by atoms with Gasteiger partial charge in [-0.25, -0.2) is 0 Å². The Balaban J connectivity index is 1.84. The molecule has 0 fully saturated rings. The molecule has 26 heavy (non-hydrogen) atoms. The third-order valence-electron chi connectivity index (χ3n) is 3.93. The van der Waals surface area contributed by atoms with Gasteiger partial charge in [0.25, 0.3) is 5.91 Å². The van der Waals surface area contributed by atoms with Crippen molar-refractivity contribution < 1.29 is 24.0 Å². The quantitative estimate of drug-likeness (QED) is 0.786. The molecule has 0 unspecified atom stereocenters. The summed E-state index contributed by atoms with van der Waals surface area (Å²) >= 11 is 0. The smallest absolute Gasteiger partial charge is 0.307 e. The van der Waals surface area contributed by atoms with E-state index >= 15 is 0 Å². The SMILES string of the molecule is CO/N=C1/C(=O)N(C(=O)Cc2ccc(OC)cc2)OCc2ccccc21. The highest BCUT2D eigenvalue weighted by Gasteiger charge is 2.33. The van der Waals surface area contributed by atoms with Gasteiger partial charge in [0.15, 0.2) is 5.71 Å². The first-order valence-corrected chi connectivity index (χ1v) is 7.96. The van der Waals surface area contributed by atoms with Crippen molar-refractivity contribution in [3.8, 4) is 5.75 Å². The fourth-order valence-corrected chi connectivity index (χ4v) is 2.64. The fraction of sp³-hybridized carbons (Fsp3) is 0.211. The van der Waals surface area contributed by atoms with E-state index in [-0.39, 0.29) is 18.7 Å². The Kier molecular flexibility index (Phi) is 5.28. The van der Waals surface area contributed by atoms with E-state index in [4.69, 9.17) is 14.4 Å². The first-order chi connectivity index (χ1) is 12.6. The minimum atomic E-state index is -0.657. The monoisotopic (exact) mass is 354 g/mol. The van der Waals surface area contributed by atoms with Gasteiger partial charge in [-0.05, 0) is 23.3 Å². The van der Waals surface area contributed by atoms with Crippen LogP contribution < -0.4 is 4.74 Å². The Hall–Kier alpha value is -3.19. The molecule has 0 saturated carbocycles. The zero-order valence-electron chi connectivity index (χ0n) is 14.5. The number of hydrogen-bond acceptors (Lipinski definition) is 6. The molecule has 2 aromatic carbocycles. The van der Waals surface area contributed by atoms with Crippen molar-refractivity contribution in [3.63, 3.8) is 0 Å². The van der Waals surface area contributed by atoms with Crippen LogP contribution in [-0.2, 0) is 32.3 Å². The number of rotatable bonds is 4. The number of imide groups is 1. The molecule has 0 saturated heterocycles. The molecule has 1 aliphatic rings. The minimum Gasteiger partial charge on any atom is -0.497 e. The number of hydroxylamine groups is 2. The van der Waals surface area contributed by atoms with Gasteiger partial charge in [-0.3, -0.25) is 14.4 Å². The van der Waals surface area contributed by atoms with Crippen molar-refractivity contribution in [2.75, 3.05) is 14.2 Å². The molecule has 7 nitrogen and oxygen atoms in total. The number of benzene rings is 2. The zero-order valence-corrected chi connectivity index (χ0v) is 14.5. The van der Waals surface area contributed by atoms with Crippen LogP contribution in [0.2, 0.25) is 0 Å². The van der Waals surface area contributed by atoms with Crippen molar-refractivity contribution >= 4 is 17.5 Å². The maximum atomic E-state index is 12.8. The number of methoxy groups -OCH3 is 1. The average molecular weight is 354 g/mol. The number of carbonyl (C=O) groups excluding carboxylic acids is 2.